The second kappa shape index (κ2) is 7.23. The molecule has 0 rings (SSSR count). The third-order valence-electron chi connectivity index (χ3n) is 2.71. The number of sulfone groups is 1. The van der Waals surface area contributed by atoms with E-state index in [2.05, 4.69) is 12.2 Å². The minimum absolute atomic E-state index is 0.207. The van der Waals surface area contributed by atoms with Crippen LogP contribution in [-0.2, 0) is 9.84 Å². The smallest absolute Gasteiger partial charge is 0.153 e. The molecule has 0 fully saturated rings. The standard InChI is InChI=1S/C11H25NO2S/c1-5-7-12-8-6-9-15(13,14)11(4)10(2)3/h10-12H,5-9H2,1-4H3. The molecule has 0 amide bonds. The summed E-state index contributed by atoms with van der Waals surface area (Å²) in [4.78, 5) is 0. The molecule has 0 aromatic heterocycles. The van der Waals surface area contributed by atoms with Crippen molar-refractivity contribution in [2.75, 3.05) is 18.8 Å². The fourth-order valence-corrected chi connectivity index (χ4v) is 3.05. The van der Waals surface area contributed by atoms with Crippen LogP contribution in [0.5, 0.6) is 0 Å². The van der Waals surface area contributed by atoms with Gasteiger partial charge in [-0.05, 0) is 38.8 Å². The zero-order valence-electron chi connectivity index (χ0n) is 10.4. The molecule has 0 aliphatic heterocycles. The van der Waals surface area contributed by atoms with Gasteiger partial charge < -0.3 is 5.32 Å². The lowest BCUT2D eigenvalue weighted by molar-refractivity contribution is 0.541. The number of hydrogen-bond acceptors (Lipinski definition) is 3. The van der Waals surface area contributed by atoms with Crippen molar-refractivity contribution < 1.29 is 8.42 Å². The van der Waals surface area contributed by atoms with Crippen molar-refractivity contribution in [1.82, 2.24) is 5.32 Å². The summed E-state index contributed by atoms with van der Waals surface area (Å²) in [7, 11) is -2.89. The first kappa shape index (κ1) is 14.9. The van der Waals surface area contributed by atoms with Crippen molar-refractivity contribution in [2.45, 2.75) is 45.8 Å². The molecule has 15 heavy (non-hydrogen) atoms. The maximum absolute atomic E-state index is 11.8. The highest BCUT2D eigenvalue weighted by atomic mass is 32.2. The van der Waals surface area contributed by atoms with Gasteiger partial charge in [-0.3, -0.25) is 0 Å². The molecule has 0 aliphatic rings. The van der Waals surface area contributed by atoms with Gasteiger partial charge in [-0.1, -0.05) is 20.8 Å². The molecular weight excluding hydrogens is 210 g/mol. The minimum atomic E-state index is -2.89. The molecule has 0 aromatic rings. The average Bonchev–Trinajstić information content (AvgIpc) is 2.16. The molecule has 0 aromatic carbocycles. The number of hydrogen-bond donors (Lipinski definition) is 1. The van der Waals surface area contributed by atoms with Gasteiger partial charge in [0.25, 0.3) is 0 Å². The van der Waals surface area contributed by atoms with E-state index in [0.717, 1.165) is 25.9 Å². The fraction of sp³-hybridized carbons (Fsp3) is 1.00. The Morgan fingerprint density at radius 3 is 2.20 bits per heavy atom. The highest BCUT2D eigenvalue weighted by Gasteiger charge is 2.22. The third-order valence-corrected chi connectivity index (χ3v) is 5.25. The summed E-state index contributed by atoms with van der Waals surface area (Å²) in [5, 5.41) is 2.99. The van der Waals surface area contributed by atoms with E-state index in [0.29, 0.717) is 5.75 Å². The van der Waals surface area contributed by atoms with E-state index in [1.807, 2.05) is 13.8 Å². The molecule has 0 heterocycles. The van der Waals surface area contributed by atoms with E-state index in [1.165, 1.54) is 0 Å². The highest BCUT2D eigenvalue weighted by Crippen LogP contribution is 2.12. The van der Waals surface area contributed by atoms with E-state index < -0.39 is 9.84 Å². The van der Waals surface area contributed by atoms with Crippen molar-refractivity contribution in [3.63, 3.8) is 0 Å². The topological polar surface area (TPSA) is 46.2 Å². The third kappa shape index (κ3) is 6.15. The molecule has 3 nitrogen and oxygen atoms in total. The Morgan fingerprint density at radius 2 is 1.73 bits per heavy atom. The summed E-state index contributed by atoms with van der Waals surface area (Å²) < 4.78 is 23.6. The monoisotopic (exact) mass is 235 g/mol. The van der Waals surface area contributed by atoms with Gasteiger partial charge in [0.15, 0.2) is 9.84 Å². The van der Waals surface area contributed by atoms with Crippen LogP contribution >= 0.6 is 0 Å². The predicted molar refractivity (Wildman–Crippen MR) is 65.9 cm³/mol. The van der Waals surface area contributed by atoms with E-state index in [1.54, 1.807) is 6.92 Å². The van der Waals surface area contributed by atoms with Crippen molar-refractivity contribution in [2.24, 2.45) is 5.92 Å². The zero-order chi connectivity index (χ0) is 11.9. The zero-order valence-corrected chi connectivity index (χ0v) is 11.2. The van der Waals surface area contributed by atoms with Crippen molar-refractivity contribution >= 4 is 9.84 Å². The van der Waals surface area contributed by atoms with E-state index in [9.17, 15) is 8.42 Å². The van der Waals surface area contributed by atoms with Gasteiger partial charge in [0.1, 0.15) is 0 Å². The first-order valence-electron chi connectivity index (χ1n) is 5.84. The van der Waals surface area contributed by atoms with Crippen molar-refractivity contribution in [3.05, 3.63) is 0 Å². The predicted octanol–water partition coefficient (Wildman–Crippen LogP) is 1.84. The Labute approximate surface area is 94.6 Å². The Kier molecular flexibility index (Phi) is 7.18. The maximum Gasteiger partial charge on any atom is 0.153 e. The van der Waals surface area contributed by atoms with Crippen molar-refractivity contribution in [3.8, 4) is 0 Å². The van der Waals surface area contributed by atoms with E-state index >= 15 is 0 Å². The summed E-state index contributed by atoms with van der Waals surface area (Å²) in [6.07, 6.45) is 1.81. The molecule has 0 aliphatic carbocycles. The lowest BCUT2D eigenvalue weighted by Crippen LogP contribution is -2.28. The van der Waals surface area contributed by atoms with Gasteiger partial charge in [-0.25, -0.2) is 8.42 Å². The minimum Gasteiger partial charge on any atom is -0.317 e. The van der Waals surface area contributed by atoms with Crippen LogP contribution < -0.4 is 5.32 Å². The molecular formula is C11H25NO2S. The first-order chi connectivity index (χ1) is 6.91. The Morgan fingerprint density at radius 1 is 1.13 bits per heavy atom. The fourth-order valence-electron chi connectivity index (χ4n) is 1.30. The Bertz CT molecular complexity index is 247. The molecule has 0 bridgehead atoms. The van der Waals surface area contributed by atoms with Crippen molar-refractivity contribution in [1.29, 1.82) is 0 Å². The second-order valence-corrected chi connectivity index (χ2v) is 6.90. The van der Waals surface area contributed by atoms with Crippen LogP contribution in [0.3, 0.4) is 0 Å². The van der Waals surface area contributed by atoms with Gasteiger partial charge in [-0.2, -0.15) is 0 Å². The van der Waals surface area contributed by atoms with E-state index in [-0.39, 0.29) is 11.2 Å². The lowest BCUT2D eigenvalue weighted by Gasteiger charge is -2.16. The van der Waals surface area contributed by atoms with E-state index in [4.69, 9.17) is 0 Å². The molecule has 1 atom stereocenters. The average molecular weight is 235 g/mol. The van der Waals surface area contributed by atoms with Gasteiger partial charge >= 0.3 is 0 Å². The van der Waals surface area contributed by atoms with Gasteiger partial charge in [0.05, 0.1) is 11.0 Å². The molecule has 0 radical (unpaired) electrons. The Hall–Kier alpha value is -0.0900. The Balaban J connectivity index is 3.85. The summed E-state index contributed by atoms with van der Waals surface area (Å²) in [6.45, 7) is 9.59. The van der Waals surface area contributed by atoms with Crippen LogP contribution in [0.4, 0.5) is 0 Å². The lowest BCUT2D eigenvalue weighted by atomic mass is 10.2. The molecule has 0 saturated heterocycles. The molecule has 0 spiro atoms. The van der Waals surface area contributed by atoms with Crippen LogP contribution in [0.2, 0.25) is 0 Å². The quantitative estimate of drug-likeness (QED) is 0.653. The summed E-state index contributed by atoms with van der Waals surface area (Å²) in [5.41, 5.74) is 0. The highest BCUT2D eigenvalue weighted by molar-refractivity contribution is 7.92. The first-order valence-corrected chi connectivity index (χ1v) is 7.55. The van der Waals surface area contributed by atoms with Crippen LogP contribution in [0, 0.1) is 5.92 Å². The van der Waals surface area contributed by atoms with Crippen LogP contribution in [0.15, 0.2) is 0 Å². The molecule has 1 unspecified atom stereocenters. The molecule has 92 valence electrons. The second-order valence-electron chi connectivity index (χ2n) is 4.42. The van der Waals surface area contributed by atoms with Crippen LogP contribution in [0.1, 0.15) is 40.5 Å². The SMILES string of the molecule is CCCNCCCS(=O)(=O)C(C)C(C)C. The van der Waals surface area contributed by atoms with Crippen LogP contribution in [0.25, 0.3) is 0 Å². The molecule has 0 saturated carbocycles. The van der Waals surface area contributed by atoms with Crippen LogP contribution in [-0.4, -0.2) is 32.5 Å². The maximum atomic E-state index is 11.8. The molecule has 4 heteroatoms. The number of nitrogens with one attached hydrogen (secondary N) is 1. The summed E-state index contributed by atoms with van der Waals surface area (Å²) in [5.74, 6) is 0.516. The summed E-state index contributed by atoms with van der Waals surface area (Å²) >= 11 is 0. The summed E-state index contributed by atoms with van der Waals surface area (Å²) in [6, 6.07) is 0. The van der Waals surface area contributed by atoms with Gasteiger partial charge in [-0.15, -0.1) is 0 Å². The normalized spacial score (nSPS) is 14.5. The van der Waals surface area contributed by atoms with Gasteiger partial charge in [0.2, 0.25) is 0 Å². The molecule has 1 N–H and O–H groups in total. The van der Waals surface area contributed by atoms with Gasteiger partial charge in [0, 0.05) is 0 Å². The largest absolute Gasteiger partial charge is 0.317 e. The number of rotatable bonds is 8.